The van der Waals surface area contributed by atoms with Crippen LogP contribution in [0.4, 0.5) is 14.9 Å². The number of rotatable bonds is 7. The summed E-state index contributed by atoms with van der Waals surface area (Å²) in [5.74, 6) is -0.849. The Bertz CT molecular complexity index is 1520. The fourth-order valence-corrected chi connectivity index (χ4v) is 4.66. The van der Waals surface area contributed by atoms with E-state index in [1.54, 1.807) is 30.3 Å². The number of thioether (sulfide) groups is 1. The second kappa shape index (κ2) is 10.7. The number of imide groups is 1. The number of halogens is 1. The molecule has 1 N–H and O–H groups in total. The number of carbonyl (C=O) groups is 3. The molecule has 0 aromatic heterocycles. The molecule has 8 heteroatoms. The summed E-state index contributed by atoms with van der Waals surface area (Å²) in [5, 5.41) is 4.35. The van der Waals surface area contributed by atoms with Crippen LogP contribution in [0.15, 0.2) is 95.9 Å². The molecule has 0 spiro atoms. The molecule has 1 saturated heterocycles. The van der Waals surface area contributed by atoms with Crippen LogP contribution in [0.1, 0.15) is 11.1 Å². The predicted octanol–water partition coefficient (Wildman–Crippen LogP) is 6.23. The monoisotopic (exact) mass is 512 g/mol. The van der Waals surface area contributed by atoms with Crippen molar-refractivity contribution in [1.29, 1.82) is 0 Å². The second-order valence-electron chi connectivity index (χ2n) is 8.36. The van der Waals surface area contributed by atoms with E-state index in [1.807, 2.05) is 18.2 Å². The van der Waals surface area contributed by atoms with Gasteiger partial charge < -0.3 is 10.1 Å². The van der Waals surface area contributed by atoms with E-state index in [2.05, 4.69) is 29.6 Å². The van der Waals surface area contributed by atoms with E-state index in [4.69, 9.17) is 4.74 Å². The second-order valence-corrected chi connectivity index (χ2v) is 9.36. The standard InChI is InChI=1S/C29H21FN2O4S/c30-23-9-11-24(12-10-23)31-27(33)17-32-28(34)26(37-29(32)35)16-19-6-13-25(14-7-19)36-18-20-5-8-21-3-1-2-4-22(21)15-20/h1-16H,17-18H2,(H,31,33)/b26-16-. The first kappa shape index (κ1) is 24.3. The number of hydrogen-bond donors (Lipinski definition) is 1. The lowest BCUT2D eigenvalue weighted by atomic mass is 10.1. The molecule has 0 unspecified atom stereocenters. The van der Waals surface area contributed by atoms with Gasteiger partial charge in [0.05, 0.1) is 4.91 Å². The zero-order valence-corrected chi connectivity index (χ0v) is 20.3. The number of fused-ring (bicyclic) bond motifs is 1. The minimum atomic E-state index is -0.553. The summed E-state index contributed by atoms with van der Waals surface area (Å²) in [6.07, 6.45) is 1.61. The highest BCUT2D eigenvalue weighted by atomic mass is 32.2. The van der Waals surface area contributed by atoms with Crippen molar-refractivity contribution in [3.63, 3.8) is 0 Å². The number of nitrogens with one attached hydrogen (secondary N) is 1. The van der Waals surface area contributed by atoms with Gasteiger partial charge >= 0.3 is 0 Å². The maximum atomic E-state index is 13.0. The van der Waals surface area contributed by atoms with Gasteiger partial charge in [0.15, 0.2) is 0 Å². The SMILES string of the molecule is O=C(CN1C(=O)S/C(=C\c2ccc(OCc3ccc4ccccc4c3)cc2)C1=O)Nc1ccc(F)cc1. The number of anilines is 1. The highest BCUT2D eigenvalue weighted by Crippen LogP contribution is 2.32. The molecule has 1 fully saturated rings. The lowest BCUT2D eigenvalue weighted by molar-refractivity contribution is -0.127. The molecule has 4 aromatic rings. The zero-order chi connectivity index (χ0) is 25.8. The predicted molar refractivity (Wildman–Crippen MR) is 142 cm³/mol. The topological polar surface area (TPSA) is 75.7 Å². The Morgan fingerprint density at radius 1 is 0.919 bits per heavy atom. The highest BCUT2D eigenvalue weighted by molar-refractivity contribution is 8.18. The highest BCUT2D eigenvalue weighted by Gasteiger charge is 2.36. The number of carbonyl (C=O) groups excluding carboxylic acids is 3. The van der Waals surface area contributed by atoms with Crippen LogP contribution in [-0.2, 0) is 16.2 Å². The van der Waals surface area contributed by atoms with Gasteiger partial charge in [-0.2, -0.15) is 0 Å². The lowest BCUT2D eigenvalue weighted by Crippen LogP contribution is -2.36. The lowest BCUT2D eigenvalue weighted by Gasteiger charge is -2.12. The van der Waals surface area contributed by atoms with Crippen LogP contribution in [0, 0.1) is 5.82 Å². The first-order chi connectivity index (χ1) is 17.9. The first-order valence-corrected chi connectivity index (χ1v) is 12.3. The minimum Gasteiger partial charge on any atom is -0.489 e. The van der Waals surface area contributed by atoms with Gasteiger partial charge in [-0.3, -0.25) is 19.3 Å². The van der Waals surface area contributed by atoms with Crippen LogP contribution in [0.25, 0.3) is 16.8 Å². The Hall–Kier alpha value is -4.43. The zero-order valence-electron chi connectivity index (χ0n) is 19.5. The van der Waals surface area contributed by atoms with Crippen molar-refractivity contribution >= 4 is 51.4 Å². The van der Waals surface area contributed by atoms with Crippen LogP contribution in [0.3, 0.4) is 0 Å². The molecule has 1 heterocycles. The fourth-order valence-electron chi connectivity index (χ4n) is 3.82. The van der Waals surface area contributed by atoms with Crippen molar-refractivity contribution in [2.45, 2.75) is 6.61 Å². The van der Waals surface area contributed by atoms with E-state index >= 15 is 0 Å². The summed E-state index contributed by atoms with van der Waals surface area (Å²) in [6.45, 7) is -0.00993. The van der Waals surface area contributed by atoms with Crippen molar-refractivity contribution in [3.8, 4) is 5.75 Å². The maximum Gasteiger partial charge on any atom is 0.294 e. The maximum absolute atomic E-state index is 13.0. The molecule has 4 aromatic carbocycles. The molecule has 0 radical (unpaired) electrons. The van der Waals surface area contributed by atoms with Gasteiger partial charge in [0.1, 0.15) is 24.7 Å². The van der Waals surface area contributed by atoms with E-state index in [-0.39, 0.29) is 4.91 Å². The van der Waals surface area contributed by atoms with Crippen LogP contribution in [0.5, 0.6) is 5.75 Å². The van der Waals surface area contributed by atoms with Gasteiger partial charge in [-0.15, -0.1) is 0 Å². The fraction of sp³-hybridized carbons (Fsp3) is 0.0690. The normalized spacial score (nSPS) is 14.4. The third-order valence-electron chi connectivity index (χ3n) is 5.70. The molecule has 1 aliphatic heterocycles. The Morgan fingerprint density at radius 2 is 1.65 bits per heavy atom. The van der Waals surface area contributed by atoms with Crippen molar-refractivity contribution in [2.24, 2.45) is 0 Å². The van der Waals surface area contributed by atoms with E-state index in [1.165, 1.54) is 29.7 Å². The van der Waals surface area contributed by atoms with Crippen molar-refractivity contribution in [2.75, 3.05) is 11.9 Å². The number of benzene rings is 4. The molecule has 0 atom stereocenters. The van der Waals surface area contributed by atoms with Gasteiger partial charge in [-0.25, -0.2) is 4.39 Å². The Balaban J connectivity index is 1.18. The molecule has 0 bridgehead atoms. The van der Waals surface area contributed by atoms with E-state index in [0.717, 1.165) is 33.2 Å². The van der Waals surface area contributed by atoms with E-state index in [0.29, 0.717) is 18.0 Å². The van der Waals surface area contributed by atoms with Gasteiger partial charge in [0.2, 0.25) is 5.91 Å². The molecule has 37 heavy (non-hydrogen) atoms. The van der Waals surface area contributed by atoms with Crippen molar-refractivity contribution in [3.05, 3.63) is 113 Å². The van der Waals surface area contributed by atoms with Crippen LogP contribution >= 0.6 is 11.8 Å². The number of ether oxygens (including phenoxy) is 1. The minimum absolute atomic E-state index is 0.226. The van der Waals surface area contributed by atoms with Gasteiger partial charge in [-0.05, 0) is 82.2 Å². The summed E-state index contributed by atoms with van der Waals surface area (Å²) >= 11 is 0.777. The summed E-state index contributed by atoms with van der Waals surface area (Å²) < 4.78 is 18.9. The first-order valence-electron chi connectivity index (χ1n) is 11.5. The molecule has 3 amide bonds. The van der Waals surface area contributed by atoms with E-state index in [9.17, 15) is 18.8 Å². The summed E-state index contributed by atoms with van der Waals surface area (Å²) in [6, 6.07) is 26.7. The van der Waals surface area contributed by atoms with Gasteiger partial charge in [0, 0.05) is 5.69 Å². The molecule has 6 nitrogen and oxygen atoms in total. The summed E-state index contributed by atoms with van der Waals surface area (Å²) in [5.41, 5.74) is 2.15. The quantitative estimate of drug-likeness (QED) is 0.297. The largest absolute Gasteiger partial charge is 0.489 e. The van der Waals surface area contributed by atoms with Crippen molar-refractivity contribution < 1.29 is 23.5 Å². The number of hydrogen-bond acceptors (Lipinski definition) is 5. The van der Waals surface area contributed by atoms with Crippen LogP contribution < -0.4 is 10.1 Å². The average Bonchev–Trinajstić information content (AvgIpc) is 3.16. The molecular formula is C29H21FN2O4S. The molecule has 0 saturated carbocycles. The Kier molecular flexibility index (Phi) is 7.00. The Labute approximate surface area is 216 Å². The summed E-state index contributed by atoms with van der Waals surface area (Å²) in [7, 11) is 0. The number of amides is 3. The van der Waals surface area contributed by atoms with Crippen molar-refractivity contribution in [1.82, 2.24) is 4.90 Å². The van der Waals surface area contributed by atoms with Gasteiger partial charge in [0.25, 0.3) is 11.1 Å². The third-order valence-corrected chi connectivity index (χ3v) is 6.61. The molecule has 5 rings (SSSR count). The summed E-state index contributed by atoms with van der Waals surface area (Å²) in [4.78, 5) is 38.5. The number of nitrogens with zero attached hydrogens (tertiary/aromatic N) is 1. The third kappa shape index (κ3) is 5.87. The van der Waals surface area contributed by atoms with Crippen LogP contribution in [0.2, 0.25) is 0 Å². The Morgan fingerprint density at radius 3 is 2.41 bits per heavy atom. The molecule has 1 aliphatic rings. The molecular weight excluding hydrogens is 491 g/mol. The smallest absolute Gasteiger partial charge is 0.294 e. The average molecular weight is 513 g/mol. The van der Waals surface area contributed by atoms with E-state index < -0.39 is 29.4 Å². The molecule has 184 valence electrons. The van der Waals surface area contributed by atoms with Crippen LogP contribution in [-0.4, -0.2) is 28.5 Å². The molecule has 0 aliphatic carbocycles. The van der Waals surface area contributed by atoms with Gasteiger partial charge in [-0.1, -0.05) is 48.5 Å².